The highest BCUT2D eigenvalue weighted by molar-refractivity contribution is 5.77. The van der Waals surface area contributed by atoms with E-state index in [1.165, 1.54) is 6.20 Å². The van der Waals surface area contributed by atoms with Crippen LogP contribution in [-0.4, -0.2) is 39.4 Å². The minimum absolute atomic E-state index is 0.0791. The molecule has 0 rings (SSSR count). The van der Waals surface area contributed by atoms with Crippen LogP contribution in [0.25, 0.3) is 0 Å². The van der Waals surface area contributed by atoms with Gasteiger partial charge in [-0.3, -0.25) is 4.79 Å². The van der Waals surface area contributed by atoms with Gasteiger partial charge in [-0.25, -0.2) is 0 Å². The lowest BCUT2D eigenvalue weighted by Crippen LogP contribution is -2.28. The minimum Gasteiger partial charge on any atom is -0.405 e. The topological polar surface area (TPSA) is 73.6 Å². The van der Waals surface area contributed by atoms with Crippen LogP contribution in [0.1, 0.15) is 6.42 Å². The number of carbonyl (C=O) groups excluding carboxylic acids is 1. The molecular weight excluding hydrogens is 184 g/mol. The summed E-state index contributed by atoms with van der Waals surface area (Å²) in [7, 11) is 1.59. The molecule has 0 fully saturated rings. The minimum atomic E-state index is -0.119. The molecule has 0 spiro atoms. The number of nitrogens with one attached hydrogen (secondary N) is 1. The van der Waals surface area contributed by atoms with E-state index in [0.717, 1.165) is 6.42 Å². The second-order valence-electron chi connectivity index (χ2n) is 2.61. The van der Waals surface area contributed by atoms with E-state index in [-0.39, 0.29) is 12.5 Å². The third-order valence-electron chi connectivity index (χ3n) is 1.43. The molecule has 0 bridgehead atoms. The molecule has 14 heavy (non-hydrogen) atoms. The van der Waals surface area contributed by atoms with Gasteiger partial charge < -0.3 is 20.5 Å². The number of carbonyl (C=O) groups is 1. The van der Waals surface area contributed by atoms with Gasteiger partial charge in [0.2, 0.25) is 5.91 Å². The van der Waals surface area contributed by atoms with Gasteiger partial charge >= 0.3 is 0 Å². The molecule has 0 unspecified atom stereocenters. The van der Waals surface area contributed by atoms with Crippen LogP contribution in [0.2, 0.25) is 0 Å². The first kappa shape index (κ1) is 12.9. The van der Waals surface area contributed by atoms with Gasteiger partial charge in [0.25, 0.3) is 0 Å². The van der Waals surface area contributed by atoms with Crippen molar-refractivity contribution in [1.82, 2.24) is 5.32 Å². The van der Waals surface area contributed by atoms with Gasteiger partial charge in [0, 0.05) is 13.7 Å². The number of rotatable bonds is 8. The van der Waals surface area contributed by atoms with Crippen molar-refractivity contribution in [3.63, 3.8) is 0 Å². The van der Waals surface area contributed by atoms with Gasteiger partial charge in [0.05, 0.1) is 13.2 Å². The molecule has 1 amide bonds. The monoisotopic (exact) mass is 202 g/mol. The standard InChI is InChI=1S/C9H18N2O3/c1-13-6-7-14-8-9(12)11-5-3-2-4-10/h2,4H,3,5-8,10H2,1H3,(H,11,12)/b4-2-. The Labute approximate surface area is 84.2 Å². The summed E-state index contributed by atoms with van der Waals surface area (Å²) >= 11 is 0. The zero-order valence-electron chi connectivity index (χ0n) is 8.49. The molecule has 3 N–H and O–H groups in total. The van der Waals surface area contributed by atoms with Crippen LogP contribution in [0.5, 0.6) is 0 Å². The Morgan fingerprint density at radius 2 is 2.29 bits per heavy atom. The summed E-state index contributed by atoms with van der Waals surface area (Å²) in [6.07, 6.45) is 3.98. The van der Waals surface area contributed by atoms with Gasteiger partial charge in [0.1, 0.15) is 6.61 Å². The predicted molar refractivity (Wildman–Crippen MR) is 53.6 cm³/mol. The molecule has 0 aliphatic rings. The molecule has 0 radical (unpaired) electrons. The molecule has 0 saturated carbocycles. The maximum Gasteiger partial charge on any atom is 0.246 e. The lowest BCUT2D eigenvalue weighted by Gasteiger charge is -2.04. The highest BCUT2D eigenvalue weighted by Gasteiger charge is 1.98. The summed E-state index contributed by atoms with van der Waals surface area (Å²) in [4.78, 5) is 11.0. The largest absolute Gasteiger partial charge is 0.405 e. The van der Waals surface area contributed by atoms with Crippen molar-refractivity contribution in [2.75, 3.05) is 33.5 Å². The Kier molecular flexibility index (Phi) is 9.25. The van der Waals surface area contributed by atoms with Crippen LogP contribution < -0.4 is 11.1 Å². The molecule has 5 heteroatoms. The van der Waals surface area contributed by atoms with Crippen molar-refractivity contribution in [2.45, 2.75) is 6.42 Å². The highest BCUT2D eigenvalue weighted by atomic mass is 16.5. The second kappa shape index (κ2) is 10.0. The number of amides is 1. The SMILES string of the molecule is COCCOCC(=O)NCC/C=C\N. The van der Waals surface area contributed by atoms with Gasteiger partial charge in [-0.2, -0.15) is 0 Å². The lowest BCUT2D eigenvalue weighted by atomic mass is 10.4. The fraction of sp³-hybridized carbons (Fsp3) is 0.667. The molecule has 0 heterocycles. The smallest absolute Gasteiger partial charge is 0.246 e. The van der Waals surface area contributed by atoms with Crippen LogP contribution in [0, 0.1) is 0 Å². The van der Waals surface area contributed by atoms with Gasteiger partial charge in [-0.1, -0.05) is 6.08 Å². The average molecular weight is 202 g/mol. The summed E-state index contributed by atoms with van der Waals surface area (Å²) in [5.41, 5.74) is 5.13. The quantitative estimate of drug-likeness (QED) is 0.527. The van der Waals surface area contributed by atoms with E-state index < -0.39 is 0 Å². The molecule has 0 aliphatic carbocycles. The number of hydrogen-bond acceptors (Lipinski definition) is 4. The summed E-state index contributed by atoms with van der Waals surface area (Å²) in [5.74, 6) is -0.119. The second-order valence-corrected chi connectivity index (χ2v) is 2.61. The lowest BCUT2D eigenvalue weighted by molar-refractivity contribution is -0.126. The number of methoxy groups -OCH3 is 1. The van der Waals surface area contributed by atoms with E-state index >= 15 is 0 Å². The van der Waals surface area contributed by atoms with Crippen LogP contribution in [0.3, 0.4) is 0 Å². The van der Waals surface area contributed by atoms with Crippen LogP contribution in [0.15, 0.2) is 12.3 Å². The van der Waals surface area contributed by atoms with Crippen LogP contribution >= 0.6 is 0 Å². The fourth-order valence-electron chi connectivity index (χ4n) is 0.749. The van der Waals surface area contributed by atoms with E-state index in [0.29, 0.717) is 19.8 Å². The molecule has 0 aromatic heterocycles. The van der Waals surface area contributed by atoms with Gasteiger partial charge in [0.15, 0.2) is 0 Å². The summed E-state index contributed by atoms with van der Waals surface area (Å²) < 4.78 is 9.77. The molecule has 0 saturated heterocycles. The molecule has 0 aliphatic heterocycles. The molecule has 82 valence electrons. The zero-order valence-corrected chi connectivity index (χ0v) is 8.49. The van der Waals surface area contributed by atoms with Crippen molar-refractivity contribution in [3.8, 4) is 0 Å². The van der Waals surface area contributed by atoms with Crippen LogP contribution in [-0.2, 0) is 14.3 Å². The summed E-state index contributed by atoms with van der Waals surface area (Å²) in [5, 5.41) is 2.68. The summed E-state index contributed by atoms with van der Waals surface area (Å²) in [6.45, 7) is 1.60. The molecule has 0 aromatic carbocycles. The Hall–Kier alpha value is -1.07. The van der Waals surface area contributed by atoms with E-state index in [4.69, 9.17) is 15.2 Å². The molecule has 0 aromatic rings. The first-order valence-electron chi connectivity index (χ1n) is 4.51. The Balaban J connectivity index is 3.19. The maximum absolute atomic E-state index is 11.0. The van der Waals surface area contributed by atoms with Crippen LogP contribution in [0.4, 0.5) is 0 Å². The molecule has 0 atom stereocenters. The predicted octanol–water partition coefficient (Wildman–Crippen LogP) is -0.372. The van der Waals surface area contributed by atoms with Crippen molar-refractivity contribution in [1.29, 1.82) is 0 Å². The van der Waals surface area contributed by atoms with E-state index in [2.05, 4.69) is 5.32 Å². The first-order chi connectivity index (χ1) is 6.81. The van der Waals surface area contributed by atoms with Gasteiger partial charge in [-0.15, -0.1) is 0 Å². The Morgan fingerprint density at radius 1 is 1.50 bits per heavy atom. The highest BCUT2D eigenvalue weighted by Crippen LogP contribution is 1.80. The van der Waals surface area contributed by atoms with E-state index in [1.807, 2.05) is 0 Å². The van der Waals surface area contributed by atoms with Crippen molar-refractivity contribution >= 4 is 5.91 Å². The molecular formula is C9H18N2O3. The maximum atomic E-state index is 11.0. The average Bonchev–Trinajstić information content (AvgIpc) is 2.19. The van der Waals surface area contributed by atoms with Crippen molar-refractivity contribution < 1.29 is 14.3 Å². The third-order valence-corrected chi connectivity index (χ3v) is 1.43. The van der Waals surface area contributed by atoms with Crippen molar-refractivity contribution in [2.24, 2.45) is 5.73 Å². The number of ether oxygens (including phenoxy) is 2. The van der Waals surface area contributed by atoms with E-state index in [1.54, 1.807) is 13.2 Å². The number of nitrogens with two attached hydrogens (primary N) is 1. The number of hydrogen-bond donors (Lipinski definition) is 2. The van der Waals surface area contributed by atoms with Crippen molar-refractivity contribution in [3.05, 3.63) is 12.3 Å². The Morgan fingerprint density at radius 3 is 2.93 bits per heavy atom. The van der Waals surface area contributed by atoms with E-state index in [9.17, 15) is 4.79 Å². The normalized spacial score (nSPS) is 10.6. The summed E-state index contributed by atoms with van der Waals surface area (Å²) in [6, 6.07) is 0. The molecule has 5 nitrogen and oxygen atoms in total. The zero-order chi connectivity index (χ0) is 10.6. The Bertz CT molecular complexity index is 171. The third kappa shape index (κ3) is 9.02. The first-order valence-corrected chi connectivity index (χ1v) is 4.51. The van der Waals surface area contributed by atoms with Gasteiger partial charge in [-0.05, 0) is 12.6 Å². The fourth-order valence-corrected chi connectivity index (χ4v) is 0.749.